The predicted molar refractivity (Wildman–Crippen MR) is 59.3 cm³/mol. The Morgan fingerprint density at radius 1 is 1.43 bits per heavy atom. The van der Waals surface area contributed by atoms with Gasteiger partial charge in [-0.05, 0) is 27.2 Å². The van der Waals surface area contributed by atoms with Crippen LogP contribution in [0.2, 0.25) is 0 Å². The predicted octanol–water partition coefficient (Wildman–Crippen LogP) is 1.93. The minimum atomic E-state index is 0.562. The van der Waals surface area contributed by atoms with E-state index in [1.54, 1.807) is 0 Å². The summed E-state index contributed by atoms with van der Waals surface area (Å²) in [5.41, 5.74) is 2.39. The molecular formula is C11H21N3. The molecule has 0 saturated heterocycles. The Bertz CT molecular complexity index is 302. The summed E-state index contributed by atoms with van der Waals surface area (Å²) in [7, 11) is 2.07. The van der Waals surface area contributed by atoms with E-state index >= 15 is 0 Å². The fraction of sp³-hybridized carbons (Fsp3) is 0.727. The van der Waals surface area contributed by atoms with E-state index in [-0.39, 0.29) is 0 Å². The molecule has 1 aromatic heterocycles. The van der Waals surface area contributed by atoms with Crippen LogP contribution in [0.1, 0.15) is 37.5 Å². The van der Waals surface area contributed by atoms with Crippen molar-refractivity contribution < 1.29 is 0 Å². The molecule has 1 rings (SSSR count). The minimum Gasteiger partial charge on any atom is -0.334 e. The van der Waals surface area contributed by atoms with E-state index in [2.05, 4.69) is 49.6 Å². The molecule has 0 aliphatic heterocycles. The normalized spacial score (nSPS) is 13.2. The van der Waals surface area contributed by atoms with E-state index in [9.17, 15) is 0 Å². The van der Waals surface area contributed by atoms with Crippen LogP contribution in [0.3, 0.4) is 0 Å². The number of nitrogens with one attached hydrogen (secondary N) is 1. The average molecular weight is 195 g/mol. The third-order valence-electron chi connectivity index (χ3n) is 2.93. The lowest BCUT2D eigenvalue weighted by Gasteiger charge is -2.10. The lowest BCUT2D eigenvalue weighted by atomic mass is 10.2. The standard InChI is InChI=1S/C11H21N3/c1-6-8(2)12-7-11-13-9(3)10(4)14(11)5/h8,12H,6-7H2,1-5H3. The van der Waals surface area contributed by atoms with Crippen molar-refractivity contribution >= 4 is 0 Å². The quantitative estimate of drug-likeness (QED) is 0.795. The maximum absolute atomic E-state index is 4.52. The topological polar surface area (TPSA) is 29.9 Å². The third-order valence-corrected chi connectivity index (χ3v) is 2.93. The summed E-state index contributed by atoms with van der Waals surface area (Å²) in [6, 6.07) is 0.562. The molecule has 0 bridgehead atoms. The second-order valence-electron chi connectivity index (χ2n) is 3.95. The highest BCUT2D eigenvalue weighted by molar-refractivity contribution is 5.13. The van der Waals surface area contributed by atoms with Gasteiger partial charge in [-0.3, -0.25) is 0 Å². The van der Waals surface area contributed by atoms with Gasteiger partial charge < -0.3 is 9.88 Å². The number of imidazole rings is 1. The molecule has 1 heterocycles. The highest BCUT2D eigenvalue weighted by atomic mass is 15.1. The van der Waals surface area contributed by atoms with Gasteiger partial charge in [-0.15, -0.1) is 0 Å². The van der Waals surface area contributed by atoms with Crippen molar-refractivity contribution in [3.63, 3.8) is 0 Å². The SMILES string of the molecule is CCC(C)NCc1nc(C)c(C)n1C. The smallest absolute Gasteiger partial charge is 0.122 e. The molecule has 3 nitrogen and oxygen atoms in total. The van der Waals surface area contributed by atoms with Gasteiger partial charge in [0.15, 0.2) is 0 Å². The van der Waals surface area contributed by atoms with Crippen molar-refractivity contribution in [2.45, 2.75) is 46.7 Å². The first-order valence-corrected chi connectivity index (χ1v) is 5.28. The van der Waals surface area contributed by atoms with Crippen molar-refractivity contribution in [3.8, 4) is 0 Å². The van der Waals surface area contributed by atoms with Crippen molar-refractivity contribution in [2.24, 2.45) is 7.05 Å². The van der Waals surface area contributed by atoms with Gasteiger partial charge in [-0.25, -0.2) is 4.98 Å². The molecule has 0 aromatic carbocycles. The first-order chi connectivity index (χ1) is 6.56. The van der Waals surface area contributed by atoms with Crippen molar-refractivity contribution in [1.82, 2.24) is 14.9 Å². The first kappa shape index (κ1) is 11.2. The van der Waals surface area contributed by atoms with Crippen LogP contribution in [0.4, 0.5) is 0 Å². The highest BCUT2D eigenvalue weighted by Crippen LogP contribution is 2.07. The zero-order valence-electron chi connectivity index (χ0n) is 9.89. The summed E-state index contributed by atoms with van der Waals surface area (Å²) in [5.74, 6) is 1.13. The van der Waals surface area contributed by atoms with Crippen LogP contribution in [0.15, 0.2) is 0 Å². The van der Waals surface area contributed by atoms with Gasteiger partial charge in [-0.1, -0.05) is 6.92 Å². The molecule has 1 aromatic rings. The Labute approximate surface area is 86.5 Å². The number of aromatic nitrogens is 2. The Morgan fingerprint density at radius 2 is 2.07 bits per heavy atom. The Hall–Kier alpha value is -0.830. The van der Waals surface area contributed by atoms with Gasteiger partial charge in [0.25, 0.3) is 0 Å². The van der Waals surface area contributed by atoms with Gasteiger partial charge >= 0.3 is 0 Å². The van der Waals surface area contributed by atoms with Crippen LogP contribution in [-0.2, 0) is 13.6 Å². The Kier molecular flexibility index (Phi) is 3.69. The summed E-state index contributed by atoms with van der Waals surface area (Å²) in [4.78, 5) is 4.52. The Morgan fingerprint density at radius 3 is 2.50 bits per heavy atom. The average Bonchev–Trinajstić information content (AvgIpc) is 2.42. The van der Waals surface area contributed by atoms with Crippen molar-refractivity contribution in [2.75, 3.05) is 0 Å². The molecular weight excluding hydrogens is 174 g/mol. The molecule has 0 radical (unpaired) electrons. The number of aryl methyl sites for hydroxylation is 1. The number of nitrogens with zero attached hydrogens (tertiary/aromatic N) is 2. The molecule has 0 spiro atoms. The van der Waals surface area contributed by atoms with Gasteiger partial charge in [0, 0.05) is 18.8 Å². The largest absolute Gasteiger partial charge is 0.334 e. The van der Waals surface area contributed by atoms with Gasteiger partial charge in [0.05, 0.1) is 12.2 Å². The van der Waals surface area contributed by atoms with E-state index < -0.39 is 0 Å². The summed E-state index contributed by atoms with van der Waals surface area (Å²) in [5, 5.41) is 3.45. The molecule has 0 saturated carbocycles. The number of hydrogen-bond acceptors (Lipinski definition) is 2. The van der Waals surface area contributed by atoms with Crippen LogP contribution in [0.5, 0.6) is 0 Å². The second kappa shape index (κ2) is 4.60. The second-order valence-corrected chi connectivity index (χ2v) is 3.95. The van der Waals surface area contributed by atoms with Crippen LogP contribution in [0, 0.1) is 13.8 Å². The molecule has 1 unspecified atom stereocenters. The summed E-state index contributed by atoms with van der Waals surface area (Å²) in [6.45, 7) is 9.41. The lowest BCUT2D eigenvalue weighted by molar-refractivity contribution is 0.515. The number of rotatable bonds is 4. The minimum absolute atomic E-state index is 0.562. The van der Waals surface area contributed by atoms with Crippen molar-refractivity contribution in [3.05, 3.63) is 17.2 Å². The maximum Gasteiger partial charge on any atom is 0.122 e. The van der Waals surface area contributed by atoms with Gasteiger partial charge in [0.1, 0.15) is 5.82 Å². The zero-order valence-corrected chi connectivity index (χ0v) is 9.89. The molecule has 3 heteroatoms. The van der Waals surface area contributed by atoms with E-state index in [0.717, 1.165) is 24.5 Å². The van der Waals surface area contributed by atoms with E-state index in [1.165, 1.54) is 5.69 Å². The summed E-state index contributed by atoms with van der Waals surface area (Å²) >= 11 is 0. The summed E-state index contributed by atoms with van der Waals surface area (Å²) < 4.78 is 2.16. The van der Waals surface area contributed by atoms with E-state index in [4.69, 9.17) is 0 Å². The fourth-order valence-corrected chi connectivity index (χ4v) is 1.35. The van der Waals surface area contributed by atoms with Gasteiger partial charge in [-0.2, -0.15) is 0 Å². The van der Waals surface area contributed by atoms with Crippen LogP contribution in [0.25, 0.3) is 0 Å². The molecule has 1 atom stereocenters. The highest BCUT2D eigenvalue weighted by Gasteiger charge is 2.07. The molecule has 80 valence electrons. The van der Waals surface area contributed by atoms with Crippen LogP contribution >= 0.6 is 0 Å². The maximum atomic E-state index is 4.52. The van der Waals surface area contributed by atoms with E-state index in [0.29, 0.717) is 6.04 Å². The molecule has 0 aliphatic rings. The number of hydrogen-bond donors (Lipinski definition) is 1. The molecule has 14 heavy (non-hydrogen) atoms. The lowest BCUT2D eigenvalue weighted by Crippen LogP contribution is -2.26. The molecule has 0 amide bonds. The third kappa shape index (κ3) is 2.35. The fourth-order valence-electron chi connectivity index (χ4n) is 1.35. The van der Waals surface area contributed by atoms with Crippen LogP contribution in [-0.4, -0.2) is 15.6 Å². The molecule has 0 fully saturated rings. The molecule has 0 aliphatic carbocycles. The summed E-state index contributed by atoms with van der Waals surface area (Å²) in [6.07, 6.45) is 1.16. The monoisotopic (exact) mass is 195 g/mol. The van der Waals surface area contributed by atoms with Crippen molar-refractivity contribution in [1.29, 1.82) is 0 Å². The van der Waals surface area contributed by atoms with Gasteiger partial charge in [0.2, 0.25) is 0 Å². The Balaban J connectivity index is 2.63. The zero-order chi connectivity index (χ0) is 10.7. The van der Waals surface area contributed by atoms with E-state index in [1.807, 2.05) is 0 Å². The van der Waals surface area contributed by atoms with Crippen LogP contribution < -0.4 is 5.32 Å². The first-order valence-electron chi connectivity index (χ1n) is 5.28. The molecule has 1 N–H and O–H groups in total.